The van der Waals surface area contributed by atoms with Crippen LogP contribution in [0.4, 0.5) is 5.69 Å². The molecule has 0 saturated carbocycles. The van der Waals surface area contributed by atoms with Gasteiger partial charge >= 0.3 is 0 Å². The summed E-state index contributed by atoms with van der Waals surface area (Å²) in [5, 5.41) is 7.04. The lowest BCUT2D eigenvalue weighted by atomic mass is 10.1. The van der Waals surface area contributed by atoms with Gasteiger partial charge in [0.05, 0.1) is 0 Å². The van der Waals surface area contributed by atoms with E-state index in [0.29, 0.717) is 5.69 Å². The molecule has 0 unspecified atom stereocenters. The molecule has 0 bridgehead atoms. The third-order valence-corrected chi connectivity index (χ3v) is 3.72. The number of carbonyl (C=O) groups excluding carboxylic acids is 1. The SMILES string of the molecule is Cc1cc(C(=O)Nc2ccc(Cc3ccncc3)cc2)nn1C. The highest BCUT2D eigenvalue weighted by Crippen LogP contribution is 2.14. The number of rotatable bonds is 4. The predicted molar refractivity (Wildman–Crippen MR) is 89.4 cm³/mol. The lowest BCUT2D eigenvalue weighted by molar-refractivity contribution is 0.102. The first-order valence-electron chi connectivity index (χ1n) is 7.41. The summed E-state index contributed by atoms with van der Waals surface area (Å²) >= 11 is 0. The van der Waals surface area contributed by atoms with Crippen LogP contribution < -0.4 is 5.32 Å². The third kappa shape index (κ3) is 3.63. The molecule has 23 heavy (non-hydrogen) atoms. The van der Waals surface area contributed by atoms with E-state index in [2.05, 4.69) is 15.4 Å². The summed E-state index contributed by atoms with van der Waals surface area (Å²) in [6, 6.07) is 13.6. The predicted octanol–water partition coefficient (Wildman–Crippen LogP) is 2.97. The number of amides is 1. The van der Waals surface area contributed by atoms with Gasteiger partial charge in [0.2, 0.25) is 0 Å². The Labute approximate surface area is 135 Å². The molecule has 0 atom stereocenters. The molecule has 1 aromatic carbocycles. The standard InChI is InChI=1S/C18H18N4O/c1-13-11-17(21-22(13)2)18(23)20-16-5-3-14(4-6-16)12-15-7-9-19-10-8-15/h3-11H,12H2,1-2H3,(H,20,23). The summed E-state index contributed by atoms with van der Waals surface area (Å²) in [5.74, 6) is -0.199. The van der Waals surface area contributed by atoms with E-state index < -0.39 is 0 Å². The second kappa shape index (κ2) is 6.44. The van der Waals surface area contributed by atoms with E-state index in [0.717, 1.165) is 17.8 Å². The number of benzene rings is 1. The molecule has 0 aliphatic carbocycles. The Morgan fingerprint density at radius 3 is 2.35 bits per heavy atom. The van der Waals surface area contributed by atoms with Crippen molar-refractivity contribution in [2.75, 3.05) is 5.32 Å². The number of pyridine rings is 1. The zero-order valence-electron chi connectivity index (χ0n) is 13.2. The summed E-state index contributed by atoms with van der Waals surface area (Å²) in [7, 11) is 1.82. The van der Waals surface area contributed by atoms with Crippen LogP contribution in [0.2, 0.25) is 0 Å². The number of hydrogen-bond acceptors (Lipinski definition) is 3. The van der Waals surface area contributed by atoms with Crippen LogP contribution in [0.5, 0.6) is 0 Å². The maximum Gasteiger partial charge on any atom is 0.276 e. The van der Waals surface area contributed by atoms with E-state index in [4.69, 9.17) is 0 Å². The fourth-order valence-electron chi connectivity index (χ4n) is 2.31. The molecular formula is C18H18N4O. The Morgan fingerprint density at radius 2 is 1.74 bits per heavy atom. The van der Waals surface area contributed by atoms with Gasteiger partial charge in [-0.05, 0) is 54.8 Å². The van der Waals surface area contributed by atoms with Crippen LogP contribution in [0.3, 0.4) is 0 Å². The zero-order valence-corrected chi connectivity index (χ0v) is 13.2. The maximum absolute atomic E-state index is 12.2. The average molecular weight is 306 g/mol. The lowest BCUT2D eigenvalue weighted by Crippen LogP contribution is -2.13. The summed E-state index contributed by atoms with van der Waals surface area (Å²) in [6.07, 6.45) is 4.42. The van der Waals surface area contributed by atoms with Crippen LogP contribution in [-0.4, -0.2) is 20.7 Å². The molecule has 3 aromatic rings. The van der Waals surface area contributed by atoms with Crippen molar-refractivity contribution in [2.24, 2.45) is 7.05 Å². The summed E-state index contributed by atoms with van der Waals surface area (Å²) < 4.78 is 1.69. The Bertz CT molecular complexity index is 787. The molecule has 0 spiro atoms. The molecule has 1 amide bonds. The molecule has 2 heterocycles. The summed E-state index contributed by atoms with van der Waals surface area (Å²) in [6.45, 7) is 1.91. The average Bonchev–Trinajstić information content (AvgIpc) is 2.90. The Morgan fingerprint density at radius 1 is 1.09 bits per heavy atom. The highest BCUT2D eigenvalue weighted by atomic mass is 16.1. The number of nitrogens with zero attached hydrogens (tertiary/aromatic N) is 3. The topological polar surface area (TPSA) is 59.8 Å². The Hall–Kier alpha value is -2.95. The van der Waals surface area contributed by atoms with Crippen LogP contribution in [-0.2, 0) is 13.5 Å². The first kappa shape index (κ1) is 15.0. The van der Waals surface area contributed by atoms with Gasteiger partial charge < -0.3 is 5.32 Å². The minimum atomic E-state index is -0.199. The molecule has 116 valence electrons. The van der Waals surface area contributed by atoms with Gasteiger partial charge in [-0.2, -0.15) is 5.10 Å². The minimum absolute atomic E-state index is 0.199. The number of anilines is 1. The van der Waals surface area contributed by atoms with Crippen molar-refractivity contribution in [3.63, 3.8) is 0 Å². The van der Waals surface area contributed by atoms with Crippen molar-refractivity contribution in [1.29, 1.82) is 0 Å². The molecular weight excluding hydrogens is 288 g/mol. The van der Waals surface area contributed by atoms with Crippen molar-refractivity contribution in [3.05, 3.63) is 77.4 Å². The number of aryl methyl sites for hydroxylation is 2. The zero-order chi connectivity index (χ0) is 16.2. The fraction of sp³-hybridized carbons (Fsp3) is 0.167. The largest absolute Gasteiger partial charge is 0.321 e. The van der Waals surface area contributed by atoms with Gasteiger partial charge in [0, 0.05) is 30.8 Å². The van der Waals surface area contributed by atoms with Crippen molar-refractivity contribution in [3.8, 4) is 0 Å². The van der Waals surface area contributed by atoms with Gasteiger partial charge in [0.25, 0.3) is 5.91 Å². The first-order valence-corrected chi connectivity index (χ1v) is 7.41. The monoisotopic (exact) mass is 306 g/mol. The van der Waals surface area contributed by atoms with Crippen LogP contribution >= 0.6 is 0 Å². The fourth-order valence-corrected chi connectivity index (χ4v) is 2.31. The number of carbonyl (C=O) groups is 1. The van der Waals surface area contributed by atoms with Gasteiger partial charge in [-0.25, -0.2) is 0 Å². The molecule has 1 N–H and O–H groups in total. The maximum atomic E-state index is 12.2. The van der Waals surface area contributed by atoms with E-state index in [1.165, 1.54) is 11.1 Å². The van der Waals surface area contributed by atoms with Gasteiger partial charge in [-0.3, -0.25) is 14.5 Å². The van der Waals surface area contributed by atoms with E-state index in [9.17, 15) is 4.79 Å². The van der Waals surface area contributed by atoms with Crippen molar-refractivity contribution in [2.45, 2.75) is 13.3 Å². The van der Waals surface area contributed by atoms with Crippen LogP contribution in [0, 0.1) is 6.92 Å². The van der Waals surface area contributed by atoms with Gasteiger partial charge in [0.1, 0.15) is 0 Å². The van der Waals surface area contributed by atoms with E-state index in [1.807, 2.05) is 50.4 Å². The number of aromatic nitrogens is 3. The van der Waals surface area contributed by atoms with Crippen molar-refractivity contribution >= 4 is 11.6 Å². The normalized spacial score (nSPS) is 10.5. The van der Waals surface area contributed by atoms with Crippen LogP contribution in [0.25, 0.3) is 0 Å². The summed E-state index contributed by atoms with van der Waals surface area (Å²) in [5.41, 5.74) is 4.52. The van der Waals surface area contributed by atoms with E-state index in [1.54, 1.807) is 23.1 Å². The quantitative estimate of drug-likeness (QED) is 0.806. The van der Waals surface area contributed by atoms with E-state index in [-0.39, 0.29) is 5.91 Å². The van der Waals surface area contributed by atoms with Crippen LogP contribution in [0.15, 0.2) is 54.9 Å². The minimum Gasteiger partial charge on any atom is -0.321 e. The third-order valence-electron chi connectivity index (χ3n) is 3.72. The highest BCUT2D eigenvalue weighted by Gasteiger charge is 2.11. The Balaban J connectivity index is 1.66. The second-order valence-corrected chi connectivity index (χ2v) is 5.48. The molecule has 0 radical (unpaired) electrons. The first-order chi connectivity index (χ1) is 11.1. The van der Waals surface area contributed by atoms with E-state index >= 15 is 0 Å². The van der Waals surface area contributed by atoms with Gasteiger partial charge in [-0.15, -0.1) is 0 Å². The second-order valence-electron chi connectivity index (χ2n) is 5.48. The molecule has 0 saturated heterocycles. The van der Waals surface area contributed by atoms with Gasteiger partial charge in [0.15, 0.2) is 5.69 Å². The molecule has 0 fully saturated rings. The molecule has 2 aromatic heterocycles. The molecule has 5 heteroatoms. The van der Waals surface area contributed by atoms with Gasteiger partial charge in [-0.1, -0.05) is 12.1 Å². The lowest BCUT2D eigenvalue weighted by Gasteiger charge is -2.05. The Kier molecular flexibility index (Phi) is 4.19. The molecule has 3 rings (SSSR count). The number of nitrogens with one attached hydrogen (secondary N) is 1. The smallest absolute Gasteiger partial charge is 0.276 e. The van der Waals surface area contributed by atoms with Crippen LogP contribution in [0.1, 0.15) is 27.3 Å². The highest BCUT2D eigenvalue weighted by molar-refractivity contribution is 6.02. The summed E-state index contributed by atoms with van der Waals surface area (Å²) in [4.78, 5) is 16.2. The molecule has 5 nitrogen and oxygen atoms in total. The van der Waals surface area contributed by atoms with Crippen molar-refractivity contribution in [1.82, 2.24) is 14.8 Å². The molecule has 0 aliphatic rings. The number of hydrogen-bond donors (Lipinski definition) is 1. The molecule has 0 aliphatic heterocycles. The van der Waals surface area contributed by atoms with Crippen molar-refractivity contribution < 1.29 is 4.79 Å².